The van der Waals surface area contributed by atoms with Crippen LogP contribution in [0.25, 0.3) is 22.0 Å². The number of hydrogen-bond acceptors (Lipinski definition) is 8. The minimum Gasteiger partial charge on any atom is -0.506 e. The second-order valence-corrected chi connectivity index (χ2v) is 15.2. The van der Waals surface area contributed by atoms with Gasteiger partial charge in [-0.25, -0.2) is 9.18 Å². The average Bonchev–Trinajstić information content (AvgIpc) is 3.21. The molecular formula is C45H52FN5O5. The number of hydrogen-bond donors (Lipinski definition) is 5. The molecule has 10 nitrogen and oxygen atoms in total. The molecule has 2 saturated heterocycles. The fourth-order valence-electron chi connectivity index (χ4n) is 8.14. The van der Waals surface area contributed by atoms with Crippen LogP contribution in [0, 0.1) is 11.7 Å². The van der Waals surface area contributed by atoms with Gasteiger partial charge in [0.25, 0.3) is 0 Å². The van der Waals surface area contributed by atoms with Crippen molar-refractivity contribution >= 4 is 22.7 Å². The Balaban J connectivity index is 0.799. The van der Waals surface area contributed by atoms with E-state index in [0.717, 1.165) is 75.1 Å². The standard InChI is InChI=1S/C45H52FN5O5/c46-43-33(29-50-24-19-31(20-25-50)8-7-23-47-28-41(53)37-15-17-40(52)44-38(37)16-18-42(54)49-44)11-6-12-34(43)30-51-26-21-35(22-27-51)56-45(55)48-39-14-5-4-13-36(39)32-9-2-1-3-10-32/h1-6,9-18,31,35,41,47,52-53H,7-8,19-30H2,(H,48,55)(H,49,54). The number of carbonyl (C=O) groups is 1. The summed E-state index contributed by atoms with van der Waals surface area (Å²) in [6, 6.07) is 29.6. The Hall–Kier alpha value is -5.07. The van der Waals surface area contributed by atoms with Crippen molar-refractivity contribution in [3.63, 3.8) is 0 Å². The Labute approximate surface area is 327 Å². The maximum atomic E-state index is 15.8. The SMILES string of the molecule is O=C(Nc1ccccc1-c1ccccc1)OC1CCN(Cc2cccc(CN3CCC(CCCNCC(O)c4ccc(O)c5[nH]c(=O)ccc45)CC3)c2F)CC1. The molecule has 7 rings (SSSR count). The van der Waals surface area contributed by atoms with Crippen LogP contribution in [-0.4, -0.2) is 76.5 Å². The molecule has 0 spiro atoms. The number of likely N-dealkylation sites (tertiary alicyclic amines) is 2. The smallest absolute Gasteiger partial charge is 0.411 e. The molecule has 2 aliphatic heterocycles. The number of H-pyrrole nitrogens is 1. The second kappa shape index (κ2) is 18.7. The number of para-hydroxylation sites is 1. The number of aromatic amines is 1. The summed E-state index contributed by atoms with van der Waals surface area (Å²) in [6.07, 6.45) is 4.23. The minimum absolute atomic E-state index is 0.0207. The number of rotatable bonds is 14. The molecule has 0 saturated carbocycles. The lowest BCUT2D eigenvalue weighted by molar-refractivity contribution is 0.0564. The van der Waals surface area contributed by atoms with Gasteiger partial charge in [-0.3, -0.25) is 19.9 Å². The van der Waals surface area contributed by atoms with Gasteiger partial charge in [-0.15, -0.1) is 0 Å². The summed E-state index contributed by atoms with van der Waals surface area (Å²) in [5.41, 5.74) is 4.80. The highest BCUT2D eigenvalue weighted by atomic mass is 19.1. The van der Waals surface area contributed by atoms with Gasteiger partial charge in [0, 0.05) is 60.9 Å². The lowest BCUT2D eigenvalue weighted by atomic mass is 9.92. The molecule has 1 amide bonds. The van der Waals surface area contributed by atoms with E-state index < -0.39 is 12.2 Å². The van der Waals surface area contributed by atoms with Gasteiger partial charge in [0.1, 0.15) is 17.7 Å². The Kier molecular flexibility index (Phi) is 13.1. The number of halogens is 1. The minimum atomic E-state index is -0.770. The van der Waals surface area contributed by atoms with Crippen molar-refractivity contribution in [1.29, 1.82) is 0 Å². The van der Waals surface area contributed by atoms with Gasteiger partial charge >= 0.3 is 6.09 Å². The number of phenolic OH excluding ortho intramolecular Hbond substituents is 1. The van der Waals surface area contributed by atoms with E-state index in [-0.39, 0.29) is 23.2 Å². The quantitative estimate of drug-likeness (QED) is 0.0734. The number of nitrogens with zero attached hydrogens (tertiary/aromatic N) is 2. The van der Waals surface area contributed by atoms with Crippen LogP contribution in [0.1, 0.15) is 61.3 Å². The lowest BCUT2D eigenvalue weighted by Crippen LogP contribution is -2.38. The molecule has 2 fully saturated rings. The number of aliphatic hydroxyl groups excluding tert-OH is 1. The molecule has 5 N–H and O–H groups in total. The van der Waals surface area contributed by atoms with E-state index in [2.05, 4.69) is 25.4 Å². The Morgan fingerprint density at radius 3 is 2.25 bits per heavy atom. The molecule has 2 aliphatic rings. The maximum absolute atomic E-state index is 15.8. The van der Waals surface area contributed by atoms with Gasteiger partial charge in [-0.1, -0.05) is 72.8 Å². The molecule has 1 aromatic heterocycles. The van der Waals surface area contributed by atoms with E-state index in [9.17, 15) is 19.8 Å². The van der Waals surface area contributed by atoms with Gasteiger partial charge in [0.15, 0.2) is 0 Å². The summed E-state index contributed by atoms with van der Waals surface area (Å²) < 4.78 is 21.6. The molecule has 1 atom stereocenters. The van der Waals surface area contributed by atoms with Crippen LogP contribution in [0.3, 0.4) is 0 Å². The second-order valence-electron chi connectivity index (χ2n) is 15.2. The zero-order valence-corrected chi connectivity index (χ0v) is 31.8. The number of aromatic nitrogens is 1. The molecule has 11 heteroatoms. The highest BCUT2D eigenvalue weighted by Gasteiger charge is 2.25. The number of anilines is 1. The normalized spacial score (nSPS) is 16.5. The maximum Gasteiger partial charge on any atom is 0.411 e. The fourth-order valence-corrected chi connectivity index (χ4v) is 8.14. The van der Waals surface area contributed by atoms with Crippen LogP contribution in [0.5, 0.6) is 5.75 Å². The monoisotopic (exact) mass is 761 g/mol. The van der Waals surface area contributed by atoms with Gasteiger partial charge in [0.2, 0.25) is 5.56 Å². The van der Waals surface area contributed by atoms with Crippen LogP contribution >= 0.6 is 0 Å². The predicted molar refractivity (Wildman–Crippen MR) is 218 cm³/mol. The van der Waals surface area contributed by atoms with Crippen molar-refractivity contribution in [1.82, 2.24) is 20.1 Å². The van der Waals surface area contributed by atoms with E-state index in [0.29, 0.717) is 66.1 Å². The summed E-state index contributed by atoms with van der Waals surface area (Å²) in [7, 11) is 0. The summed E-state index contributed by atoms with van der Waals surface area (Å²) in [5, 5.41) is 27.9. The summed E-state index contributed by atoms with van der Waals surface area (Å²) in [5.74, 6) is 0.481. The number of nitrogens with one attached hydrogen (secondary N) is 3. The first kappa shape index (κ1) is 39.2. The molecule has 5 aromatic rings. The van der Waals surface area contributed by atoms with Gasteiger partial charge in [0.05, 0.1) is 17.3 Å². The number of piperidine rings is 2. The van der Waals surface area contributed by atoms with Crippen molar-refractivity contribution < 1.29 is 24.1 Å². The third-order valence-electron chi connectivity index (χ3n) is 11.3. The lowest BCUT2D eigenvalue weighted by Gasteiger charge is -2.33. The van der Waals surface area contributed by atoms with Crippen molar-refractivity contribution in [2.45, 2.75) is 63.8 Å². The van der Waals surface area contributed by atoms with Gasteiger partial charge in [-0.2, -0.15) is 0 Å². The van der Waals surface area contributed by atoms with Crippen LogP contribution in [0.15, 0.2) is 102 Å². The van der Waals surface area contributed by atoms with E-state index >= 15 is 4.39 Å². The van der Waals surface area contributed by atoms with E-state index in [1.165, 1.54) is 12.1 Å². The largest absolute Gasteiger partial charge is 0.506 e. The Morgan fingerprint density at radius 1 is 0.839 bits per heavy atom. The molecule has 3 heterocycles. The molecule has 294 valence electrons. The first-order valence-corrected chi connectivity index (χ1v) is 19.9. The fraction of sp³-hybridized carbons (Fsp3) is 0.378. The van der Waals surface area contributed by atoms with Crippen molar-refractivity contribution in [3.8, 4) is 16.9 Å². The summed E-state index contributed by atoms with van der Waals surface area (Å²) in [6.45, 7) is 5.62. The Morgan fingerprint density at radius 2 is 1.52 bits per heavy atom. The zero-order valence-electron chi connectivity index (χ0n) is 31.8. The molecule has 0 aliphatic carbocycles. The first-order chi connectivity index (χ1) is 27.3. The number of aliphatic hydroxyl groups is 1. The molecular weight excluding hydrogens is 710 g/mol. The third kappa shape index (κ3) is 10.0. The van der Waals surface area contributed by atoms with Crippen molar-refractivity contribution in [3.05, 3.63) is 130 Å². The number of benzene rings is 4. The highest BCUT2D eigenvalue weighted by molar-refractivity contribution is 5.91. The molecule has 0 radical (unpaired) electrons. The number of pyridine rings is 1. The number of amides is 1. The predicted octanol–water partition coefficient (Wildman–Crippen LogP) is 7.57. The summed E-state index contributed by atoms with van der Waals surface area (Å²) in [4.78, 5) is 31.8. The Bertz CT molecular complexity index is 2130. The summed E-state index contributed by atoms with van der Waals surface area (Å²) >= 11 is 0. The molecule has 4 aromatic carbocycles. The zero-order chi connectivity index (χ0) is 38.9. The number of fused-ring (bicyclic) bond motifs is 1. The highest BCUT2D eigenvalue weighted by Crippen LogP contribution is 2.30. The van der Waals surface area contributed by atoms with E-state index in [1.807, 2.05) is 72.8 Å². The molecule has 1 unspecified atom stereocenters. The van der Waals surface area contributed by atoms with Crippen LogP contribution in [0.2, 0.25) is 0 Å². The van der Waals surface area contributed by atoms with Gasteiger partial charge < -0.3 is 25.3 Å². The molecule has 0 bridgehead atoms. The number of ether oxygens (including phenoxy) is 1. The van der Waals surface area contributed by atoms with Crippen LogP contribution in [-0.2, 0) is 17.8 Å². The first-order valence-electron chi connectivity index (χ1n) is 19.9. The average molecular weight is 762 g/mol. The van der Waals surface area contributed by atoms with E-state index in [1.54, 1.807) is 12.1 Å². The van der Waals surface area contributed by atoms with Crippen molar-refractivity contribution in [2.75, 3.05) is 44.6 Å². The van der Waals surface area contributed by atoms with Gasteiger partial charge in [-0.05, 0) is 93.4 Å². The number of phenols is 1. The topological polar surface area (TPSA) is 130 Å². The number of carbonyl (C=O) groups excluding carboxylic acids is 1. The van der Waals surface area contributed by atoms with Crippen LogP contribution in [0.4, 0.5) is 14.9 Å². The number of aromatic hydroxyl groups is 1. The van der Waals surface area contributed by atoms with Crippen LogP contribution < -0.4 is 16.2 Å². The molecule has 56 heavy (non-hydrogen) atoms. The van der Waals surface area contributed by atoms with E-state index in [4.69, 9.17) is 4.74 Å². The van der Waals surface area contributed by atoms with Crippen molar-refractivity contribution in [2.24, 2.45) is 5.92 Å². The third-order valence-corrected chi connectivity index (χ3v) is 11.3.